The Morgan fingerprint density at radius 3 is 1.27 bits per heavy atom. The molecule has 0 radical (unpaired) electrons. The molecule has 19 rings (SSSR count). The number of ether oxygens (including phenoxy) is 4. The van der Waals surface area contributed by atoms with Gasteiger partial charge in [-0.05, 0) is 216 Å². The zero-order valence-corrected chi connectivity index (χ0v) is 79.2. The number of hydrogen-bond acceptors (Lipinski definition) is 20. The fourth-order valence-electron chi connectivity index (χ4n) is 19.9. The zero-order valence-electron chi connectivity index (χ0n) is 78.4. The first-order valence-corrected chi connectivity index (χ1v) is 48.9. The van der Waals surface area contributed by atoms with E-state index in [9.17, 15) is 71.9 Å². The van der Waals surface area contributed by atoms with Crippen LogP contribution in [0.15, 0.2) is 226 Å². The van der Waals surface area contributed by atoms with Crippen LogP contribution < -0.4 is 61.5 Å². The third-order valence-electron chi connectivity index (χ3n) is 27.8. The topological polar surface area (TPSA) is 263 Å². The number of para-hydroxylation sites is 1. The third-order valence-corrected chi connectivity index (χ3v) is 28.6. The first-order valence-electron chi connectivity index (χ1n) is 48.1. The zero-order chi connectivity index (χ0) is 100.0. The van der Waals surface area contributed by atoms with E-state index in [-0.39, 0.29) is 104 Å². The summed E-state index contributed by atoms with van der Waals surface area (Å²) < 4.78 is 188. The van der Waals surface area contributed by atoms with E-state index < -0.39 is 58.8 Å². The van der Waals surface area contributed by atoms with Crippen molar-refractivity contribution < 1.29 is 90.8 Å². The number of carbonyl (C=O) groups is 4. The lowest BCUT2D eigenvalue weighted by Gasteiger charge is -2.47. The van der Waals surface area contributed by atoms with Crippen LogP contribution in [-0.4, -0.2) is 213 Å². The number of hydrogen-bond donors (Lipinski definition) is 8. The SMILES string of the molecule is C=C(CNC(=O)c1cccc(C(F)(F)F)c1)NC1CN(C2CCC(n3ccnc3)CC2)C1.C=C(CNC(=O)c1cccc(C(F)(F)F)c1)NC1CN(C2CCC(n3ncc4ccccc43)CC2)C1.C=C(NCC(=O)NC1CN(C2CCC(Oc3ccc4c(c3)OCO4)CC2)C1)c1cccc(C(F)(F)F)c1.C=C(NCC(=O)NC1CN(C2CCC(Oc3nsc4ccccc34)CC2)C1)c1cccc(C(F)(F)F)c1. The van der Waals surface area contributed by atoms with Crippen molar-refractivity contribution in [3.05, 3.63) is 271 Å². The quantitative estimate of drug-likeness (QED) is 0.0195. The highest BCUT2D eigenvalue weighted by Gasteiger charge is 2.42. The van der Waals surface area contributed by atoms with Crippen molar-refractivity contribution in [2.75, 3.05) is 85.3 Å². The minimum Gasteiger partial charge on any atom is -0.490 e. The molecular formula is C104H117F12N17O8S. The number of nitrogens with one attached hydrogen (secondary N) is 8. The Hall–Kier alpha value is -12.7. The predicted molar refractivity (Wildman–Crippen MR) is 517 cm³/mol. The van der Waals surface area contributed by atoms with Crippen molar-refractivity contribution in [3.63, 3.8) is 0 Å². The molecule has 142 heavy (non-hydrogen) atoms. The highest BCUT2D eigenvalue weighted by Crippen LogP contribution is 2.42. The predicted octanol–water partition coefficient (Wildman–Crippen LogP) is 17.6. The molecule has 4 aliphatic carbocycles. The summed E-state index contributed by atoms with van der Waals surface area (Å²) in [6.07, 6.45) is 7.44. The van der Waals surface area contributed by atoms with Crippen molar-refractivity contribution in [1.29, 1.82) is 0 Å². The minimum atomic E-state index is -4.48. The molecular weight excluding hydrogens is 1880 g/mol. The largest absolute Gasteiger partial charge is 0.490 e. The number of halogens is 12. The van der Waals surface area contributed by atoms with Gasteiger partial charge in [0.25, 0.3) is 11.8 Å². The molecule has 5 aliphatic heterocycles. The molecule has 0 bridgehead atoms. The van der Waals surface area contributed by atoms with Crippen LogP contribution in [0.4, 0.5) is 52.7 Å². The van der Waals surface area contributed by atoms with Gasteiger partial charge in [-0.15, -0.1) is 0 Å². The van der Waals surface area contributed by atoms with Gasteiger partial charge < -0.3 is 66.0 Å². The number of likely N-dealkylation sites (tertiary alicyclic amines) is 4. The molecule has 3 aromatic heterocycles. The monoisotopic (exact) mass is 1990 g/mol. The molecule has 9 aliphatic rings. The Morgan fingerprint density at radius 1 is 0.408 bits per heavy atom. The lowest BCUT2D eigenvalue weighted by atomic mass is 9.88. The van der Waals surface area contributed by atoms with Crippen LogP contribution in [0.2, 0.25) is 0 Å². The van der Waals surface area contributed by atoms with Crippen LogP contribution >= 0.6 is 11.5 Å². The molecule has 25 nitrogen and oxygen atoms in total. The van der Waals surface area contributed by atoms with Crippen molar-refractivity contribution in [2.24, 2.45) is 0 Å². The van der Waals surface area contributed by atoms with Crippen molar-refractivity contribution in [3.8, 4) is 23.1 Å². The van der Waals surface area contributed by atoms with Gasteiger partial charge in [-0.25, -0.2) is 4.98 Å². The smallest absolute Gasteiger partial charge is 0.416 e. The summed E-state index contributed by atoms with van der Waals surface area (Å²) in [6, 6.07) is 44.5. The fraction of sp³-hybridized carbons (Fsp3) is 0.433. The Kier molecular flexibility index (Phi) is 32.9. The van der Waals surface area contributed by atoms with Gasteiger partial charge in [0.1, 0.15) is 11.9 Å². The summed E-state index contributed by atoms with van der Waals surface area (Å²) in [5.41, 5.74) is 0.447. The van der Waals surface area contributed by atoms with Gasteiger partial charge in [-0.1, -0.05) is 93.0 Å². The highest BCUT2D eigenvalue weighted by molar-refractivity contribution is 7.13. The molecule has 8 fully saturated rings. The number of amides is 4. The van der Waals surface area contributed by atoms with Gasteiger partial charge in [0.05, 0.1) is 113 Å². The van der Waals surface area contributed by atoms with Gasteiger partial charge in [0.15, 0.2) is 11.5 Å². The van der Waals surface area contributed by atoms with Gasteiger partial charge in [0, 0.05) is 140 Å². The number of benzene rings is 7. The minimum absolute atomic E-state index is 0.0197. The van der Waals surface area contributed by atoms with Crippen LogP contribution in [0.1, 0.15) is 169 Å². The molecule has 8 heterocycles. The number of imidazole rings is 1. The van der Waals surface area contributed by atoms with Crippen LogP contribution in [0, 0.1) is 0 Å². The van der Waals surface area contributed by atoms with Crippen molar-refractivity contribution in [2.45, 2.75) is 200 Å². The van der Waals surface area contributed by atoms with Crippen molar-refractivity contribution >= 4 is 67.5 Å². The van der Waals surface area contributed by atoms with Gasteiger partial charge in [-0.3, -0.25) is 43.5 Å². The van der Waals surface area contributed by atoms with E-state index in [1.807, 2.05) is 67.4 Å². The lowest BCUT2D eigenvalue weighted by molar-refractivity contribution is -0.138. The van der Waals surface area contributed by atoms with Crippen molar-refractivity contribution in [1.82, 2.24) is 85.8 Å². The van der Waals surface area contributed by atoms with Crippen LogP contribution in [-0.2, 0) is 34.3 Å². The van der Waals surface area contributed by atoms with E-state index in [0.717, 1.165) is 224 Å². The summed E-state index contributed by atoms with van der Waals surface area (Å²) >= 11 is 1.46. The summed E-state index contributed by atoms with van der Waals surface area (Å²) in [5.74, 6) is 1.47. The normalized spacial score (nSPS) is 21.5. The molecule has 4 saturated carbocycles. The van der Waals surface area contributed by atoms with Crippen LogP contribution in [0.5, 0.6) is 23.1 Å². The maximum atomic E-state index is 12.9. The molecule has 7 aromatic carbocycles. The molecule has 0 spiro atoms. The van der Waals surface area contributed by atoms with E-state index >= 15 is 0 Å². The maximum absolute atomic E-state index is 12.9. The summed E-state index contributed by atoms with van der Waals surface area (Å²) in [6.45, 7) is 22.8. The first-order chi connectivity index (χ1) is 68.1. The van der Waals surface area contributed by atoms with Crippen LogP contribution in [0.25, 0.3) is 32.4 Å². The lowest BCUT2D eigenvalue weighted by Crippen LogP contribution is -2.63. The molecule has 4 saturated heterocycles. The number of carbonyl (C=O) groups excluding carboxylic acids is 4. The summed E-state index contributed by atoms with van der Waals surface area (Å²) in [7, 11) is 0. The highest BCUT2D eigenvalue weighted by atomic mass is 32.1. The molecule has 4 amide bonds. The van der Waals surface area contributed by atoms with E-state index in [2.05, 4.69) is 136 Å². The van der Waals surface area contributed by atoms with E-state index in [1.54, 1.807) is 0 Å². The second kappa shape index (κ2) is 45.7. The van der Waals surface area contributed by atoms with E-state index in [1.165, 1.54) is 83.8 Å². The Balaban J connectivity index is 0.000000136. The molecule has 0 unspecified atom stereocenters. The standard InChI is InChI=1S/C27H30F3N5O.C27H29F3N4O2S.C27H30F3N3O4.C23H28F3N5O/c1-18(14-31-26(36)19-6-4-7-21(13-19)27(28,29)30)33-22-16-34(17-22)23-9-11-24(12-10-23)35-25-8-3-2-5-20(25)15-32-35;1-17(18-5-4-6-19(13-18)27(28,29)30)31-14-25(35)32-20-15-34(16-20)21-9-11-22(12-10-21)36-26-23-7-2-3-8-24(23)37-33-26;1-17(18-3-2-4-19(11-18)27(28,29)30)31-13-26(34)32-20-14-33(15-20)21-5-7-22(8-6-21)37-23-9-10-24-25(12-23)36-16-35-24;1-16(12-28-22(32)17-3-2-4-18(11-17)23(24,25)26)29-19-13-31(14-19)21-7-5-20(6-8-21)30-10-9-27-15-30/h2-8,13,15,22-24,33H,1,9-12,14,16-17H2,(H,31,36);2-8,13,20-22,31H,1,9-12,14-16H2,(H,32,35);2-4,9-12,20-22,31H,1,5-8,13-16H2,(H,32,34);2-4,9-11,15,19-21,29H,1,5-8,12-14H2,(H,28,32). The van der Waals surface area contributed by atoms with Gasteiger partial charge in [-0.2, -0.15) is 62.2 Å². The van der Waals surface area contributed by atoms with E-state index in [4.69, 9.17) is 18.9 Å². The Bertz CT molecular complexity index is 6020. The third kappa shape index (κ3) is 27.2. The summed E-state index contributed by atoms with van der Waals surface area (Å²) in [5, 5.41) is 30.4. The fourth-order valence-corrected chi connectivity index (χ4v) is 20.6. The average Bonchev–Trinajstić information content (AvgIpc) is 1.63. The number of nitrogens with zero attached hydrogens (tertiary/aromatic N) is 9. The molecule has 756 valence electrons. The second-order valence-corrected chi connectivity index (χ2v) is 38.6. The molecule has 10 aromatic rings. The summed E-state index contributed by atoms with van der Waals surface area (Å²) in [4.78, 5) is 63.1. The molecule has 0 atom stereocenters. The maximum Gasteiger partial charge on any atom is 0.416 e. The van der Waals surface area contributed by atoms with Crippen LogP contribution in [0.3, 0.4) is 0 Å². The average molecular weight is 1990 g/mol. The second-order valence-electron chi connectivity index (χ2n) is 37.8. The number of aromatic nitrogens is 5. The molecule has 38 heteroatoms. The Labute approximate surface area is 819 Å². The van der Waals surface area contributed by atoms with Gasteiger partial charge >= 0.3 is 24.7 Å². The number of rotatable bonds is 30. The van der Waals surface area contributed by atoms with E-state index in [0.29, 0.717) is 58.8 Å². The van der Waals surface area contributed by atoms with Gasteiger partial charge in [0.2, 0.25) is 24.5 Å². The molecule has 8 N–H and O–H groups in total. The first kappa shape index (κ1) is 102. The number of alkyl halides is 12. The Morgan fingerprint density at radius 2 is 0.810 bits per heavy atom. The number of fused-ring (bicyclic) bond motifs is 3.